The second-order valence-corrected chi connectivity index (χ2v) is 6.01. The number of hydrogen-bond donors (Lipinski definition) is 1. The van der Waals surface area contributed by atoms with E-state index in [1.54, 1.807) is 42.8 Å². The van der Waals surface area contributed by atoms with Gasteiger partial charge in [-0.2, -0.15) is 0 Å². The maximum absolute atomic E-state index is 12.4. The van der Waals surface area contributed by atoms with Crippen LogP contribution in [0.1, 0.15) is 10.4 Å². The Morgan fingerprint density at radius 2 is 1.74 bits per heavy atom. The molecule has 0 atom stereocenters. The van der Waals surface area contributed by atoms with Crippen molar-refractivity contribution in [3.8, 4) is 0 Å². The van der Waals surface area contributed by atoms with E-state index in [0.717, 1.165) is 4.90 Å². The summed E-state index contributed by atoms with van der Waals surface area (Å²) in [6.45, 7) is 0. The van der Waals surface area contributed by atoms with Gasteiger partial charge < -0.3 is 5.32 Å². The van der Waals surface area contributed by atoms with Crippen LogP contribution < -0.4 is 5.32 Å². The van der Waals surface area contributed by atoms with Crippen LogP contribution in [0.3, 0.4) is 0 Å². The molecule has 100 valence electrons. The van der Waals surface area contributed by atoms with E-state index in [-0.39, 0.29) is 0 Å². The summed E-state index contributed by atoms with van der Waals surface area (Å²) in [5.74, 6) is -2.06. The van der Waals surface area contributed by atoms with Crippen LogP contribution in [-0.4, -0.2) is 39.5 Å². The standard InChI is InChI=1S/C12H12N2O3S2/c1-18-12(19-2)13-9(15)11(17)14(12)10(16)8-6-4-3-5-7-8/h3-7H,1-2H3,(H,13,15). The summed E-state index contributed by atoms with van der Waals surface area (Å²) in [6.07, 6.45) is 3.47. The molecule has 1 aromatic rings. The van der Waals surface area contributed by atoms with Crippen LogP contribution in [-0.2, 0) is 9.59 Å². The summed E-state index contributed by atoms with van der Waals surface area (Å²) in [4.78, 5) is 36.9. The number of imide groups is 1. The van der Waals surface area contributed by atoms with Crippen molar-refractivity contribution in [2.24, 2.45) is 0 Å². The topological polar surface area (TPSA) is 66.5 Å². The maximum Gasteiger partial charge on any atom is 0.322 e. The number of nitrogens with one attached hydrogen (secondary N) is 1. The Balaban J connectivity index is 2.43. The van der Waals surface area contributed by atoms with E-state index in [9.17, 15) is 14.4 Å². The number of hydrogen-bond acceptors (Lipinski definition) is 5. The minimum Gasteiger partial charge on any atom is -0.307 e. The van der Waals surface area contributed by atoms with Crippen molar-refractivity contribution < 1.29 is 14.4 Å². The van der Waals surface area contributed by atoms with Crippen LogP contribution in [0.4, 0.5) is 0 Å². The quantitative estimate of drug-likeness (QED) is 0.514. The van der Waals surface area contributed by atoms with Crippen molar-refractivity contribution in [1.29, 1.82) is 0 Å². The van der Waals surface area contributed by atoms with Gasteiger partial charge in [0.2, 0.25) is 4.33 Å². The third kappa shape index (κ3) is 2.23. The molecule has 7 heteroatoms. The van der Waals surface area contributed by atoms with Crippen molar-refractivity contribution in [3.05, 3.63) is 35.9 Å². The lowest BCUT2D eigenvalue weighted by atomic mass is 10.2. The zero-order valence-corrected chi connectivity index (χ0v) is 12.0. The van der Waals surface area contributed by atoms with E-state index in [1.807, 2.05) is 0 Å². The molecule has 0 radical (unpaired) electrons. The van der Waals surface area contributed by atoms with Gasteiger partial charge in [-0.15, -0.1) is 23.5 Å². The number of amides is 3. The number of carbonyl (C=O) groups excluding carboxylic acids is 3. The highest BCUT2D eigenvalue weighted by molar-refractivity contribution is 8.17. The fourth-order valence-corrected chi connectivity index (χ4v) is 3.54. The molecule has 1 aliphatic heterocycles. The lowest BCUT2D eigenvalue weighted by molar-refractivity contribution is -0.139. The summed E-state index contributed by atoms with van der Waals surface area (Å²) in [5, 5.41) is 2.56. The van der Waals surface area contributed by atoms with Gasteiger partial charge in [0.25, 0.3) is 5.91 Å². The summed E-state index contributed by atoms with van der Waals surface area (Å²) < 4.78 is -1.07. The third-order valence-electron chi connectivity index (χ3n) is 2.74. The molecule has 1 saturated heterocycles. The van der Waals surface area contributed by atoms with Crippen molar-refractivity contribution in [1.82, 2.24) is 10.2 Å². The molecule has 3 amide bonds. The fraction of sp³-hybridized carbons (Fsp3) is 0.250. The normalized spacial score (nSPS) is 17.5. The number of nitrogens with zero attached hydrogens (tertiary/aromatic N) is 1. The molecule has 0 unspecified atom stereocenters. The number of carbonyl (C=O) groups is 3. The van der Waals surface area contributed by atoms with Crippen molar-refractivity contribution in [2.75, 3.05) is 12.5 Å². The molecule has 2 rings (SSSR count). The highest BCUT2D eigenvalue weighted by atomic mass is 32.2. The van der Waals surface area contributed by atoms with Crippen LogP contribution in [0.2, 0.25) is 0 Å². The molecule has 0 aromatic heterocycles. The van der Waals surface area contributed by atoms with Gasteiger partial charge in [-0.3, -0.25) is 14.4 Å². The first-order valence-electron chi connectivity index (χ1n) is 5.42. The van der Waals surface area contributed by atoms with Crippen LogP contribution in [0.15, 0.2) is 30.3 Å². The van der Waals surface area contributed by atoms with Crippen LogP contribution in [0, 0.1) is 0 Å². The maximum atomic E-state index is 12.4. The molecular formula is C12H12N2O3S2. The molecule has 0 aliphatic carbocycles. The predicted octanol–water partition coefficient (Wildman–Crippen LogP) is 1.12. The highest BCUT2D eigenvalue weighted by Crippen LogP contribution is 2.39. The van der Waals surface area contributed by atoms with Crippen molar-refractivity contribution in [3.63, 3.8) is 0 Å². The van der Waals surface area contributed by atoms with Gasteiger partial charge in [0.15, 0.2) is 0 Å². The van der Waals surface area contributed by atoms with E-state index < -0.39 is 22.0 Å². The van der Waals surface area contributed by atoms with Gasteiger partial charge in [0.05, 0.1) is 0 Å². The first-order valence-corrected chi connectivity index (χ1v) is 7.87. The Hall–Kier alpha value is -1.47. The zero-order chi connectivity index (χ0) is 14.0. The molecule has 0 bridgehead atoms. The minimum atomic E-state index is -1.07. The Bertz CT molecular complexity index is 529. The largest absolute Gasteiger partial charge is 0.322 e. The van der Waals surface area contributed by atoms with Gasteiger partial charge >= 0.3 is 11.8 Å². The molecule has 0 saturated carbocycles. The number of rotatable bonds is 3. The highest BCUT2D eigenvalue weighted by Gasteiger charge is 2.53. The Morgan fingerprint density at radius 3 is 2.26 bits per heavy atom. The molecule has 0 spiro atoms. The van der Waals surface area contributed by atoms with E-state index >= 15 is 0 Å². The summed E-state index contributed by atoms with van der Waals surface area (Å²) >= 11 is 2.47. The summed E-state index contributed by atoms with van der Waals surface area (Å²) in [5.41, 5.74) is 0.375. The molecule has 1 aliphatic rings. The lowest BCUT2D eigenvalue weighted by Crippen LogP contribution is -2.49. The van der Waals surface area contributed by atoms with Crippen LogP contribution >= 0.6 is 23.5 Å². The van der Waals surface area contributed by atoms with Crippen LogP contribution in [0.5, 0.6) is 0 Å². The molecule has 19 heavy (non-hydrogen) atoms. The Labute approximate surface area is 119 Å². The Morgan fingerprint density at radius 1 is 1.16 bits per heavy atom. The average molecular weight is 296 g/mol. The Kier molecular flexibility index (Phi) is 3.86. The van der Waals surface area contributed by atoms with Gasteiger partial charge in [-0.05, 0) is 24.6 Å². The summed E-state index contributed by atoms with van der Waals surface area (Å²) in [7, 11) is 0. The van der Waals surface area contributed by atoms with Gasteiger partial charge in [0, 0.05) is 5.56 Å². The zero-order valence-electron chi connectivity index (χ0n) is 10.4. The van der Waals surface area contributed by atoms with E-state index in [0.29, 0.717) is 5.56 Å². The fourth-order valence-electron chi connectivity index (χ4n) is 1.79. The molecule has 1 heterocycles. The van der Waals surface area contributed by atoms with E-state index in [2.05, 4.69) is 5.32 Å². The molecule has 1 fully saturated rings. The lowest BCUT2D eigenvalue weighted by Gasteiger charge is -2.32. The smallest absolute Gasteiger partial charge is 0.307 e. The average Bonchev–Trinajstić information content (AvgIpc) is 2.71. The van der Waals surface area contributed by atoms with Gasteiger partial charge in [-0.25, -0.2) is 4.90 Å². The molecule has 1 N–H and O–H groups in total. The minimum absolute atomic E-state index is 0.375. The summed E-state index contributed by atoms with van der Waals surface area (Å²) in [6, 6.07) is 8.43. The molecule has 1 aromatic carbocycles. The second kappa shape index (κ2) is 5.26. The van der Waals surface area contributed by atoms with E-state index in [1.165, 1.54) is 23.5 Å². The van der Waals surface area contributed by atoms with Gasteiger partial charge in [0.1, 0.15) is 0 Å². The predicted molar refractivity (Wildman–Crippen MR) is 75.5 cm³/mol. The third-order valence-corrected chi connectivity index (χ3v) is 5.42. The first-order chi connectivity index (χ1) is 9.05. The number of thioether (sulfide) groups is 2. The van der Waals surface area contributed by atoms with Crippen molar-refractivity contribution in [2.45, 2.75) is 4.33 Å². The van der Waals surface area contributed by atoms with Gasteiger partial charge in [-0.1, -0.05) is 18.2 Å². The monoisotopic (exact) mass is 296 g/mol. The molecule has 5 nitrogen and oxygen atoms in total. The first kappa shape index (κ1) is 14.0. The van der Waals surface area contributed by atoms with Crippen LogP contribution in [0.25, 0.3) is 0 Å². The van der Waals surface area contributed by atoms with Crippen molar-refractivity contribution >= 4 is 41.2 Å². The second-order valence-electron chi connectivity index (χ2n) is 3.76. The number of benzene rings is 1. The van der Waals surface area contributed by atoms with E-state index in [4.69, 9.17) is 0 Å². The SMILES string of the molecule is CSC1(SC)NC(=O)C(=O)N1C(=O)c1ccccc1. The molecular weight excluding hydrogens is 284 g/mol.